The molecule has 3 aliphatic heterocycles. The van der Waals surface area contributed by atoms with Crippen LogP contribution in [0, 0.1) is 0 Å². The van der Waals surface area contributed by atoms with Crippen molar-refractivity contribution in [2.24, 2.45) is 0 Å². The molecule has 1 aromatic heterocycles. The van der Waals surface area contributed by atoms with E-state index in [0.717, 1.165) is 57.3 Å². The number of nitrogens with one attached hydrogen (secondary N) is 2. The number of rotatable bonds is 5. The van der Waals surface area contributed by atoms with Gasteiger partial charge in [0.15, 0.2) is 5.69 Å². The van der Waals surface area contributed by atoms with Gasteiger partial charge in [0.05, 0.1) is 5.25 Å². The lowest BCUT2D eigenvalue weighted by Gasteiger charge is -2.39. The number of piperidine rings is 1. The molecule has 1 aromatic rings. The van der Waals surface area contributed by atoms with E-state index in [1.807, 2.05) is 0 Å². The molecule has 2 bridgehead atoms. The Balaban J connectivity index is 1.24. The first-order valence-electron chi connectivity index (χ1n) is 11.0. The molecule has 0 spiro atoms. The molecule has 9 heteroatoms. The maximum absolute atomic E-state index is 13.4. The van der Waals surface area contributed by atoms with E-state index in [2.05, 4.69) is 15.8 Å². The Labute approximate surface area is 171 Å². The summed E-state index contributed by atoms with van der Waals surface area (Å²) in [6.45, 7) is 1.45. The van der Waals surface area contributed by atoms with Gasteiger partial charge in [0, 0.05) is 36.7 Å². The average molecular weight is 423 g/mol. The second-order valence-corrected chi connectivity index (χ2v) is 11.2. The van der Waals surface area contributed by atoms with Gasteiger partial charge >= 0.3 is 0 Å². The number of hydrogen-bond donors (Lipinski definition) is 2. The van der Waals surface area contributed by atoms with Crippen molar-refractivity contribution in [3.63, 3.8) is 0 Å². The van der Waals surface area contributed by atoms with Gasteiger partial charge < -0.3 is 15.2 Å². The van der Waals surface area contributed by atoms with Crippen molar-refractivity contribution < 1.29 is 17.7 Å². The van der Waals surface area contributed by atoms with Crippen molar-refractivity contribution in [2.45, 2.75) is 87.1 Å². The van der Waals surface area contributed by atoms with E-state index in [0.29, 0.717) is 31.0 Å². The molecule has 1 aliphatic carbocycles. The number of hydrogen-bond acceptors (Lipinski definition) is 6. The molecule has 8 nitrogen and oxygen atoms in total. The summed E-state index contributed by atoms with van der Waals surface area (Å²) in [6.07, 6.45) is 8.05. The van der Waals surface area contributed by atoms with Crippen molar-refractivity contribution in [3.05, 3.63) is 17.5 Å². The Kier molecular flexibility index (Phi) is 5.16. The van der Waals surface area contributed by atoms with Gasteiger partial charge in [0.2, 0.25) is 10.0 Å². The fourth-order valence-electron chi connectivity index (χ4n) is 5.30. The maximum Gasteiger partial charge on any atom is 0.273 e. The average Bonchev–Trinajstić information content (AvgIpc) is 3.43. The summed E-state index contributed by atoms with van der Waals surface area (Å²) >= 11 is 0. The van der Waals surface area contributed by atoms with Crippen LogP contribution < -0.4 is 10.6 Å². The molecule has 2 N–H and O–H groups in total. The number of aromatic nitrogens is 1. The number of fused-ring (bicyclic) bond motifs is 2. The number of carbonyl (C=O) groups excluding carboxylic acids is 1. The summed E-state index contributed by atoms with van der Waals surface area (Å²) in [5.74, 6) is 1.01. The van der Waals surface area contributed by atoms with Crippen LogP contribution in [-0.4, -0.2) is 60.3 Å². The minimum Gasteiger partial charge on any atom is -0.360 e. The van der Waals surface area contributed by atoms with Gasteiger partial charge in [-0.2, -0.15) is 4.31 Å². The van der Waals surface area contributed by atoms with Crippen LogP contribution in [0.15, 0.2) is 10.6 Å². The van der Waals surface area contributed by atoms with Gasteiger partial charge in [0.1, 0.15) is 5.76 Å². The Morgan fingerprint density at radius 2 is 1.90 bits per heavy atom. The fourth-order valence-corrected chi connectivity index (χ4v) is 7.65. The van der Waals surface area contributed by atoms with Crippen molar-refractivity contribution >= 4 is 15.9 Å². The monoisotopic (exact) mass is 422 g/mol. The Morgan fingerprint density at radius 1 is 1.14 bits per heavy atom. The summed E-state index contributed by atoms with van der Waals surface area (Å²) in [5.41, 5.74) is 0.332. The van der Waals surface area contributed by atoms with E-state index in [9.17, 15) is 13.2 Å². The number of nitrogens with zero attached hydrogens (tertiary/aromatic N) is 2. The van der Waals surface area contributed by atoms with Gasteiger partial charge in [-0.05, 0) is 57.9 Å². The summed E-state index contributed by atoms with van der Waals surface area (Å²) < 4.78 is 33.8. The molecule has 4 aliphatic rings. The standard InChI is InChI=1S/C20H30N4O4S/c25-20(18-11-19(28-23-18)13-4-5-13)22-14-9-15-6-7-16(10-14)24(15)29(26,27)17-3-1-2-8-21-12-17/h11,13-17,21H,1-10,12H2,(H,22,25)/t14?,15-,16+,17-/m0/s1. The third kappa shape index (κ3) is 3.84. The Morgan fingerprint density at radius 3 is 2.62 bits per heavy atom. The van der Waals surface area contributed by atoms with Gasteiger partial charge in [-0.1, -0.05) is 11.6 Å². The fraction of sp³-hybridized carbons (Fsp3) is 0.800. The van der Waals surface area contributed by atoms with Gasteiger partial charge in [-0.15, -0.1) is 0 Å². The number of amides is 1. The molecule has 29 heavy (non-hydrogen) atoms. The van der Waals surface area contributed by atoms with Crippen LogP contribution in [-0.2, 0) is 10.0 Å². The minimum atomic E-state index is -3.32. The van der Waals surface area contributed by atoms with Crippen LogP contribution in [0.4, 0.5) is 0 Å². The molecule has 0 aromatic carbocycles. The molecule has 1 saturated carbocycles. The van der Waals surface area contributed by atoms with Crippen LogP contribution in [0.25, 0.3) is 0 Å². The lowest BCUT2D eigenvalue weighted by molar-refractivity contribution is 0.0899. The lowest BCUT2D eigenvalue weighted by atomic mass is 9.99. The lowest BCUT2D eigenvalue weighted by Crippen LogP contribution is -2.55. The molecule has 1 unspecified atom stereocenters. The molecule has 4 heterocycles. The van der Waals surface area contributed by atoms with E-state index in [4.69, 9.17) is 4.52 Å². The van der Waals surface area contributed by atoms with E-state index in [1.165, 1.54) is 0 Å². The largest absolute Gasteiger partial charge is 0.360 e. The van der Waals surface area contributed by atoms with Crippen molar-refractivity contribution in [2.75, 3.05) is 13.1 Å². The molecule has 5 rings (SSSR count). The smallest absolute Gasteiger partial charge is 0.273 e. The Bertz CT molecular complexity index is 844. The topological polar surface area (TPSA) is 105 Å². The van der Waals surface area contributed by atoms with E-state index in [1.54, 1.807) is 10.4 Å². The second kappa shape index (κ2) is 7.67. The number of carbonyl (C=O) groups is 1. The summed E-state index contributed by atoms with van der Waals surface area (Å²) in [7, 11) is -3.32. The van der Waals surface area contributed by atoms with Crippen molar-refractivity contribution in [1.29, 1.82) is 0 Å². The summed E-state index contributed by atoms with van der Waals surface area (Å²) in [6, 6.07) is 1.72. The van der Waals surface area contributed by atoms with Crippen LogP contribution >= 0.6 is 0 Å². The zero-order chi connectivity index (χ0) is 20.0. The first kappa shape index (κ1) is 19.5. The second-order valence-electron chi connectivity index (χ2n) is 9.11. The van der Waals surface area contributed by atoms with E-state index >= 15 is 0 Å². The van der Waals surface area contributed by atoms with Gasteiger partial charge in [0.25, 0.3) is 5.91 Å². The highest BCUT2D eigenvalue weighted by molar-refractivity contribution is 7.89. The zero-order valence-electron chi connectivity index (χ0n) is 16.7. The van der Waals surface area contributed by atoms with Gasteiger partial charge in [-0.25, -0.2) is 8.42 Å². The highest BCUT2D eigenvalue weighted by atomic mass is 32.2. The predicted molar refractivity (Wildman–Crippen MR) is 107 cm³/mol. The molecular formula is C20H30N4O4S. The van der Waals surface area contributed by atoms with Gasteiger partial charge in [-0.3, -0.25) is 4.79 Å². The number of sulfonamides is 1. The molecular weight excluding hydrogens is 392 g/mol. The zero-order valence-corrected chi connectivity index (χ0v) is 17.5. The normalized spacial score (nSPS) is 33.4. The van der Waals surface area contributed by atoms with Crippen molar-refractivity contribution in [3.8, 4) is 0 Å². The molecule has 4 atom stereocenters. The SMILES string of the molecule is O=C(NC1C[C@H]2CC[C@@H](C1)N2S(=O)(=O)[C@H]1CCCCNC1)c1cc(C2CC2)on1. The molecule has 3 saturated heterocycles. The van der Waals surface area contributed by atoms with E-state index in [-0.39, 0.29) is 29.3 Å². The summed E-state index contributed by atoms with van der Waals surface area (Å²) in [4.78, 5) is 12.6. The molecule has 1 amide bonds. The van der Waals surface area contributed by atoms with Crippen LogP contribution in [0.5, 0.6) is 0 Å². The first-order chi connectivity index (χ1) is 14.0. The molecule has 4 fully saturated rings. The maximum atomic E-state index is 13.4. The predicted octanol–water partition coefficient (Wildman–Crippen LogP) is 1.75. The minimum absolute atomic E-state index is 0.00774. The highest BCUT2D eigenvalue weighted by Gasteiger charge is 2.49. The third-order valence-electron chi connectivity index (χ3n) is 6.96. The quantitative estimate of drug-likeness (QED) is 0.749. The third-order valence-corrected chi connectivity index (χ3v) is 9.39. The summed E-state index contributed by atoms with van der Waals surface area (Å²) in [5, 5.41) is 9.95. The van der Waals surface area contributed by atoms with E-state index < -0.39 is 10.0 Å². The first-order valence-corrected chi connectivity index (χ1v) is 12.5. The highest BCUT2D eigenvalue weighted by Crippen LogP contribution is 2.41. The van der Waals surface area contributed by atoms with Crippen LogP contribution in [0.2, 0.25) is 0 Å². The molecule has 0 radical (unpaired) electrons. The van der Waals surface area contributed by atoms with Crippen molar-refractivity contribution in [1.82, 2.24) is 20.1 Å². The Hall–Kier alpha value is -1.45. The van der Waals surface area contributed by atoms with Crippen LogP contribution in [0.3, 0.4) is 0 Å². The molecule has 160 valence electrons. The van der Waals surface area contributed by atoms with Crippen LogP contribution in [0.1, 0.15) is 80.0 Å².